The highest BCUT2D eigenvalue weighted by atomic mass is 32.2. The van der Waals surface area contributed by atoms with Crippen LogP contribution in [0.25, 0.3) is 0 Å². The third-order valence-electron chi connectivity index (χ3n) is 6.64. The first-order valence-corrected chi connectivity index (χ1v) is 13.1. The van der Waals surface area contributed by atoms with Gasteiger partial charge in [0.2, 0.25) is 15.9 Å². The minimum absolute atomic E-state index is 0. The van der Waals surface area contributed by atoms with E-state index in [-0.39, 0.29) is 25.4 Å². The molecule has 1 spiro atoms. The van der Waals surface area contributed by atoms with Gasteiger partial charge >= 0.3 is 0 Å². The highest BCUT2D eigenvalue weighted by Crippen LogP contribution is 2.44. The maximum absolute atomic E-state index is 14.5. The average molecular weight is 469 g/mol. The molecular weight excluding hydrogens is 435 g/mol. The molecule has 6 rings (SSSR count). The number of hydrogen-bond donors (Lipinski definition) is 1. The number of rotatable bonds is 0. The summed E-state index contributed by atoms with van der Waals surface area (Å²) < 4.78 is 51.5. The number of benzene rings is 1. The number of sulfonamides is 1. The number of nitrogens with zero attached hydrogens (tertiary/aromatic N) is 1. The van der Waals surface area contributed by atoms with Gasteiger partial charge in [0.25, 0.3) is 0 Å². The third-order valence-corrected chi connectivity index (χ3v) is 6.64. The van der Waals surface area contributed by atoms with E-state index in [1.165, 1.54) is 18.9 Å². The molecule has 4 bridgehead atoms. The van der Waals surface area contributed by atoms with E-state index in [1.807, 2.05) is 6.07 Å². The molecule has 0 radical (unpaired) electrons. The van der Waals surface area contributed by atoms with Gasteiger partial charge in [0, 0.05) is 6.99 Å². The van der Waals surface area contributed by atoms with Gasteiger partial charge in [0.1, 0.15) is 18.6 Å². The van der Waals surface area contributed by atoms with Crippen molar-refractivity contribution in [1.82, 2.24) is 4.98 Å². The average Bonchev–Trinajstić information content (AvgIpc) is 3.40. The fourth-order valence-corrected chi connectivity index (χ4v) is 5.05. The minimum atomic E-state index is -3.17. The molecule has 2 fully saturated rings. The van der Waals surface area contributed by atoms with Crippen LogP contribution >= 0.6 is 0 Å². The molecule has 2 aliphatic carbocycles. The Kier molecular flexibility index (Phi) is 6.88. The summed E-state index contributed by atoms with van der Waals surface area (Å²) >= 11 is 0. The molecule has 2 saturated carbocycles. The summed E-state index contributed by atoms with van der Waals surface area (Å²) in [4.78, 5) is 4.70. The molecule has 9 heteroatoms. The molecule has 32 heavy (non-hydrogen) atoms. The number of fused-ring (bicyclic) bond motifs is 4. The Morgan fingerprint density at radius 3 is 2.56 bits per heavy atom. The smallest absolute Gasteiger partial charge is 0.206 e. The van der Waals surface area contributed by atoms with Crippen LogP contribution in [0.2, 0.25) is 0 Å². The molecule has 1 aromatic carbocycles. The van der Waals surface area contributed by atoms with Crippen molar-refractivity contribution in [3.63, 3.8) is 0 Å². The molecule has 1 aromatic heterocycles. The zero-order valence-electron chi connectivity index (χ0n) is 18.4. The first-order chi connectivity index (χ1) is 15.2. The van der Waals surface area contributed by atoms with Crippen molar-refractivity contribution in [2.75, 3.05) is 12.9 Å². The van der Waals surface area contributed by atoms with E-state index >= 15 is 0 Å². The molecular formula is C23H33FN2O5S. The Bertz CT molecular complexity index is 1020. The summed E-state index contributed by atoms with van der Waals surface area (Å²) in [5, 5.41) is 4.33. The largest absolute Gasteiger partial charge is 0.484 e. The second kappa shape index (κ2) is 9.49. The topological polar surface area (TPSA) is 105 Å². The number of hydrogen-bond acceptors (Lipinski definition) is 6. The van der Waals surface area contributed by atoms with Crippen LogP contribution in [0.15, 0.2) is 28.9 Å². The van der Waals surface area contributed by atoms with Gasteiger partial charge in [-0.1, -0.05) is 25.0 Å². The first-order valence-electron chi connectivity index (χ1n) is 11.2. The van der Waals surface area contributed by atoms with E-state index < -0.39 is 10.0 Å². The van der Waals surface area contributed by atoms with Crippen molar-refractivity contribution in [2.24, 2.45) is 5.14 Å². The summed E-state index contributed by atoms with van der Waals surface area (Å²) in [5.41, 5.74) is 1.58. The molecule has 0 saturated heterocycles. The van der Waals surface area contributed by atoms with Crippen LogP contribution < -0.4 is 9.88 Å². The number of halogens is 1. The van der Waals surface area contributed by atoms with Gasteiger partial charge in [-0.15, -0.1) is 0 Å². The van der Waals surface area contributed by atoms with Crippen LogP contribution in [0.3, 0.4) is 0 Å². The van der Waals surface area contributed by atoms with Crippen molar-refractivity contribution < 1.29 is 28.1 Å². The first kappa shape index (κ1) is 23.2. The quantitative estimate of drug-likeness (QED) is 0.614. The van der Waals surface area contributed by atoms with Gasteiger partial charge in [-0.3, -0.25) is 0 Å². The Balaban J connectivity index is 0.000000465. The SMILES string of the molecule is CS(N)(=O)=O.Fc1cccc2c1OCc1coc(n1)C1(CCCC1)COC1CCC2CC1.[HH]. The van der Waals surface area contributed by atoms with Gasteiger partial charge in [-0.2, -0.15) is 0 Å². The van der Waals surface area contributed by atoms with Gasteiger partial charge in [-0.25, -0.2) is 22.9 Å². The molecule has 2 aromatic rings. The maximum Gasteiger partial charge on any atom is 0.206 e. The van der Waals surface area contributed by atoms with Crippen molar-refractivity contribution in [1.29, 1.82) is 0 Å². The Morgan fingerprint density at radius 2 is 1.88 bits per heavy atom. The van der Waals surface area contributed by atoms with Crippen LogP contribution in [0, 0.1) is 5.82 Å². The van der Waals surface area contributed by atoms with Crippen LogP contribution in [0.4, 0.5) is 4.39 Å². The maximum atomic E-state index is 14.5. The van der Waals surface area contributed by atoms with Gasteiger partial charge in [-0.05, 0) is 50.5 Å². The molecule has 4 aliphatic rings. The standard InChI is InChI=1S/C22H26FNO3.CH5NO2S.H2/c23-19-5-3-4-18-15-6-8-17(9-7-15)27-14-22(10-1-2-11-22)21-24-16(13-26-21)12-25-20(18)19;1-5(2,3)4;/h3-5,13,15,17H,1-2,6-12,14H2;1H3,(H2,2,3,4);1H. The van der Waals surface area contributed by atoms with E-state index in [9.17, 15) is 12.8 Å². The number of para-hydroxylation sites is 1. The minimum Gasteiger partial charge on any atom is -0.484 e. The fourth-order valence-electron chi connectivity index (χ4n) is 5.05. The zero-order valence-corrected chi connectivity index (χ0v) is 19.2. The summed E-state index contributed by atoms with van der Waals surface area (Å²) in [6, 6.07) is 5.25. The molecule has 2 aliphatic heterocycles. The fraction of sp³-hybridized carbons (Fsp3) is 0.609. The number of nitrogens with two attached hydrogens (primary N) is 1. The predicted octanol–water partition coefficient (Wildman–Crippen LogP) is 4.41. The van der Waals surface area contributed by atoms with Crippen LogP contribution in [-0.4, -0.2) is 32.4 Å². The summed E-state index contributed by atoms with van der Waals surface area (Å²) in [5.74, 6) is 1.16. The number of aromatic nitrogens is 1. The summed E-state index contributed by atoms with van der Waals surface area (Å²) in [6.45, 7) is 0.915. The molecule has 0 atom stereocenters. The lowest BCUT2D eigenvalue weighted by Crippen LogP contribution is -2.33. The molecule has 0 unspecified atom stereocenters. The second-order valence-electron chi connectivity index (χ2n) is 9.19. The summed E-state index contributed by atoms with van der Waals surface area (Å²) in [7, 11) is -3.17. The Hall–Kier alpha value is -1.97. The number of primary sulfonamides is 1. The molecule has 2 N–H and O–H groups in total. The molecule has 7 nitrogen and oxygen atoms in total. The number of oxazole rings is 1. The van der Waals surface area contributed by atoms with Crippen molar-refractivity contribution in [3.05, 3.63) is 47.4 Å². The molecule has 3 heterocycles. The van der Waals surface area contributed by atoms with E-state index in [2.05, 4.69) is 5.14 Å². The van der Waals surface area contributed by atoms with E-state index in [0.29, 0.717) is 24.0 Å². The third kappa shape index (κ3) is 5.50. The zero-order chi connectivity index (χ0) is 22.8. The monoisotopic (exact) mass is 468 g/mol. The Labute approximate surface area is 190 Å². The van der Waals surface area contributed by atoms with Gasteiger partial charge in [0.05, 0.1) is 24.4 Å². The van der Waals surface area contributed by atoms with E-state index in [0.717, 1.165) is 56.2 Å². The number of ether oxygens (including phenoxy) is 2. The van der Waals surface area contributed by atoms with Crippen molar-refractivity contribution >= 4 is 10.0 Å². The molecule has 0 amide bonds. The van der Waals surface area contributed by atoms with Gasteiger partial charge in [0.15, 0.2) is 11.6 Å². The summed E-state index contributed by atoms with van der Waals surface area (Å²) in [6.07, 6.45) is 11.4. The lowest BCUT2D eigenvalue weighted by atomic mass is 9.82. The van der Waals surface area contributed by atoms with Gasteiger partial charge < -0.3 is 13.9 Å². The lowest BCUT2D eigenvalue weighted by Gasteiger charge is -2.33. The lowest BCUT2D eigenvalue weighted by molar-refractivity contribution is -0.00988. The van der Waals surface area contributed by atoms with Crippen LogP contribution in [-0.2, 0) is 26.8 Å². The Morgan fingerprint density at radius 1 is 1.19 bits per heavy atom. The van der Waals surface area contributed by atoms with Crippen molar-refractivity contribution in [3.8, 4) is 5.75 Å². The van der Waals surface area contributed by atoms with Crippen LogP contribution in [0.5, 0.6) is 5.75 Å². The highest BCUT2D eigenvalue weighted by molar-refractivity contribution is 7.88. The molecule has 178 valence electrons. The van der Waals surface area contributed by atoms with E-state index in [1.54, 1.807) is 12.3 Å². The second-order valence-corrected chi connectivity index (χ2v) is 10.9. The highest BCUT2D eigenvalue weighted by Gasteiger charge is 2.41. The normalized spacial score (nSPS) is 24.7. The predicted molar refractivity (Wildman–Crippen MR) is 119 cm³/mol. The van der Waals surface area contributed by atoms with Crippen molar-refractivity contribution in [2.45, 2.75) is 75.4 Å². The van der Waals surface area contributed by atoms with Crippen LogP contribution in [0.1, 0.15) is 75.9 Å². The van der Waals surface area contributed by atoms with E-state index in [4.69, 9.17) is 18.9 Å².